The molecular weight excluding hydrogens is 238 g/mol. The van der Waals surface area contributed by atoms with Crippen LogP contribution in [0.1, 0.15) is 33.0 Å². The van der Waals surface area contributed by atoms with Crippen molar-refractivity contribution in [2.75, 3.05) is 30.4 Å². The summed E-state index contributed by atoms with van der Waals surface area (Å²) in [5.74, 6) is 3.23. The molecule has 0 aliphatic rings. The summed E-state index contributed by atoms with van der Waals surface area (Å²) >= 11 is 0. The average Bonchev–Trinajstić information content (AvgIpc) is 2.27. The van der Waals surface area contributed by atoms with E-state index >= 15 is 0 Å². The second-order valence-electron chi connectivity index (χ2n) is 5.56. The van der Waals surface area contributed by atoms with Crippen LogP contribution in [0.4, 0.5) is 11.6 Å². The van der Waals surface area contributed by atoms with E-state index in [9.17, 15) is 0 Å². The van der Waals surface area contributed by atoms with Crippen LogP contribution in [0.3, 0.4) is 0 Å². The predicted octanol–water partition coefficient (Wildman–Crippen LogP) is 2.03. The molecule has 0 bridgehead atoms. The van der Waals surface area contributed by atoms with E-state index in [0.717, 1.165) is 30.4 Å². The number of hydrogen-bond acceptors (Lipinski definition) is 5. The van der Waals surface area contributed by atoms with Gasteiger partial charge in [0.25, 0.3) is 0 Å². The van der Waals surface area contributed by atoms with E-state index in [0.29, 0.717) is 18.5 Å². The molecule has 0 spiro atoms. The van der Waals surface area contributed by atoms with Crippen molar-refractivity contribution in [3.8, 4) is 0 Å². The van der Waals surface area contributed by atoms with Gasteiger partial charge in [0, 0.05) is 25.7 Å². The average molecular weight is 265 g/mol. The number of aromatic nitrogens is 2. The van der Waals surface area contributed by atoms with Crippen LogP contribution in [0.2, 0.25) is 0 Å². The summed E-state index contributed by atoms with van der Waals surface area (Å²) in [5, 5.41) is 3.37. The second-order valence-corrected chi connectivity index (χ2v) is 5.56. The maximum Gasteiger partial charge on any atom is 0.134 e. The zero-order chi connectivity index (χ0) is 14.4. The molecule has 0 radical (unpaired) electrons. The molecule has 5 nitrogen and oxygen atoms in total. The number of rotatable bonds is 7. The highest BCUT2D eigenvalue weighted by Crippen LogP contribution is 2.16. The van der Waals surface area contributed by atoms with E-state index in [2.05, 4.69) is 48.0 Å². The molecule has 0 amide bonds. The summed E-state index contributed by atoms with van der Waals surface area (Å²) in [6.07, 6.45) is 0.931. The first-order valence-electron chi connectivity index (χ1n) is 6.95. The van der Waals surface area contributed by atoms with Crippen LogP contribution in [0.5, 0.6) is 0 Å². The molecule has 0 fully saturated rings. The van der Waals surface area contributed by atoms with Gasteiger partial charge in [-0.25, -0.2) is 9.97 Å². The van der Waals surface area contributed by atoms with E-state index in [-0.39, 0.29) is 0 Å². The lowest BCUT2D eigenvalue weighted by atomic mass is 10.2. The van der Waals surface area contributed by atoms with E-state index < -0.39 is 0 Å². The van der Waals surface area contributed by atoms with Crippen LogP contribution >= 0.6 is 0 Å². The number of anilines is 2. The van der Waals surface area contributed by atoms with Crippen molar-refractivity contribution in [3.63, 3.8) is 0 Å². The Morgan fingerprint density at radius 2 is 2.00 bits per heavy atom. The Morgan fingerprint density at radius 3 is 2.58 bits per heavy atom. The fraction of sp³-hybridized carbons (Fsp3) is 0.714. The highest BCUT2D eigenvalue weighted by Gasteiger charge is 2.09. The third-order valence-electron chi connectivity index (χ3n) is 2.85. The molecule has 1 rings (SSSR count). The van der Waals surface area contributed by atoms with Gasteiger partial charge in [-0.05, 0) is 32.7 Å². The first-order chi connectivity index (χ1) is 8.92. The Balaban J connectivity index is 2.81. The van der Waals surface area contributed by atoms with E-state index in [1.54, 1.807) is 0 Å². The van der Waals surface area contributed by atoms with E-state index in [1.807, 2.05) is 13.0 Å². The van der Waals surface area contributed by atoms with Gasteiger partial charge >= 0.3 is 0 Å². The minimum atomic E-state index is 0.322. The largest absolute Gasteiger partial charge is 0.367 e. The van der Waals surface area contributed by atoms with Gasteiger partial charge in [0.2, 0.25) is 0 Å². The molecule has 0 aliphatic carbocycles. The number of nitrogens with one attached hydrogen (secondary N) is 1. The molecule has 1 heterocycles. The monoisotopic (exact) mass is 265 g/mol. The predicted molar refractivity (Wildman–Crippen MR) is 81.6 cm³/mol. The van der Waals surface area contributed by atoms with Crippen molar-refractivity contribution >= 4 is 11.6 Å². The maximum absolute atomic E-state index is 5.56. The molecule has 0 saturated carbocycles. The van der Waals surface area contributed by atoms with E-state index in [4.69, 9.17) is 5.73 Å². The van der Waals surface area contributed by atoms with Crippen LogP contribution < -0.4 is 16.0 Å². The van der Waals surface area contributed by atoms with Crippen molar-refractivity contribution in [3.05, 3.63) is 11.9 Å². The number of aryl methyl sites for hydroxylation is 1. The van der Waals surface area contributed by atoms with Gasteiger partial charge in [0.1, 0.15) is 17.5 Å². The SMILES string of the molecule is Cc1nc(NC(C)CCN)cc(N(C)CC(C)C)n1. The van der Waals surface area contributed by atoms with Crippen LogP contribution in [0.15, 0.2) is 6.07 Å². The van der Waals surface area contributed by atoms with Crippen molar-refractivity contribution in [2.24, 2.45) is 11.7 Å². The Labute approximate surface area is 116 Å². The van der Waals surface area contributed by atoms with Crippen molar-refractivity contribution in [1.29, 1.82) is 0 Å². The molecule has 1 atom stereocenters. The fourth-order valence-electron chi connectivity index (χ4n) is 2.04. The molecule has 0 saturated heterocycles. The third kappa shape index (κ3) is 5.42. The van der Waals surface area contributed by atoms with Gasteiger partial charge in [-0.3, -0.25) is 0 Å². The smallest absolute Gasteiger partial charge is 0.134 e. The Kier molecular flexibility index (Phi) is 6.02. The van der Waals surface area contributed by atoms with Gasteiger partial charge in [-0.15, -0.1) is 0 Å². The number of hydrogen-bond donors (Lipinski definition) is 2. The number of nitrogens with zero attached hydrogens (tertiary/aromatic N) is 3. The molecular formula is C14H27N5. The zero-order valence-corrected chi connectivity index (χ0v) is 12.8. The van der Waals surface area contributed by atoms with Crippen LogP contribution in [-0.2, 0) is 0 Å². The Hall–Kier alpha value is -1.36. The van der Waals surface area contributed by atoms with E-state index in [1.165, 1.54) is 0 Å². The minimum Gasteiger partial charge on any atom is -0.367 e. The second kappa shape index (κ2) is 7.28. The Bertz CT molecular complexity index is 391. The molecule has 1 aromatic rings. The zero-order valence-electron chi connectivity index (χ0n) is 12.8. The molecule has 1 aromatic heterocycles. The highest BCUT2D eigenvalue weighted by molar-refractivity contribution is 5.49. The molecule has 0 aromatic carbocycles. The van der Waals surface area contributed by atoms with Gasteiger partial charge in [0.05, 0.1) is 0 Å². The lowest BCUT2D eigenvalue weighted by Crippen LogP contribution is -2.25. The van der Waals surface area contributed by atoms with Crippen molar-refractivity contribution < 1.29 is 0 Å². The summed E-state index contributed by atoms with van der Waals surface area (Å²) in [6.45, 7) is 10.1. The van der Waals surface area contributed by atoms with Crippen LogP contribution in [0, 0.1) is 12.8 Å². The summed E-state index contributed by atoms with van der Waals surface area (Å²) in [6, 6.07) is 2.32. The topological polar surface area (TPSA) is 67.1 Å². The lowest BCUT2D eigenvalue weighted by Gasteiger charge is -2.22. The maximum atomic E-state index is 5.56. The molecule has 1 unspecified atom stereocenters. The first kappa shape index (κ1) is 15.7. The summed E-state index contributed by atoms with van der Waals surface area (Å²) < 4.78 is 0. The Morgan fingerprint density at radius 1 is 1.32 bits per heavy atom. The van der Waals surface area contributed by atoms with Gasteiger partial charge < -0.3 is 16.0 Å². The van der Waals surface area contributed by atoms with Gasteiger partial charge in [-0.1, -0.05) is 13.8 Å². The van der Waals surface area contributed by atoms with Crippen molar-refractivity contribution in [1.82, 2.24) is 9.97 Å². The molecule has 5 heteroatoms. The van der Waals surface area contributed by atoms with Crippen LogP contribution in [0.25, 0.3) is 0 Å². The standard InChI is InChI=1S/C14H27N5/c1-10(2)9-19(5)14-8-13(17-12(4)18-14)16-11(3)6-7-15/h8,10-11H,6-7,9,15H2,1-5H3,(H,16,17,18). The molecule has 19 heavy (non-hydrogen) atoms. The number of nitrogens with two attached hydrogens (primary N) is 1. The molecule has 108 valence electrons. The summed E-state index contributed by atoms with van der Waals surface area (Å²) in [4.78, 5) is 11.1. The summed E-state index contributed by atoms with van der Waals surface area (Å²) in [7, 11) is 2.06. The lowest BCUT2D eigenvalue weighted by molar-refractivity contribution is 0.633. The minimum absolute atomic E-state index is 0.322. The van der Waals surface area contributed by atoms with Crippen molar-refractivity contribution in [2.45, 2.75) is 40.2 Å². The van der Waals surface area contributed by atoms with Gasteiger partial charge in [0.15, 0.2) is 0 Å². The molecule has 3 N–H and O–H groups in total. The van der Waals surface area contributed by atoms with Gasteiger partial charge in [-0.2, -0.15) is 0 Å². The van der Waals surface area contributed by atoms with Crippen LogP contribution in [-0.4, -0.2) is 36.1 Å². The third-order valence-corrected chi connectivity index (χ3v) is 2.85. The fourth-order valence-corrected chi connectivity index (χ4v) is 2.04. The highest BCUT2D eigenvalue weighted by atomic mass is 15.2. The summed E-state index contributed by atoms with van der Waals surface area (Å²) in [5.41, 5.74) is 5.56. The first-order valence-corrected chi connectivity index (χ1v) is 6.95. The normalized spacial score (nSPS) is 12.6. The quantitative estimate of drug-likeness (QED) is 0.789. The molecule has 0 aliphatic heterocycles.